The molecule has 1 rings (SSSR count). The van der Waals surface area contributed by atoms with Crippen LogP contribution in [0.2, 0.25) is 0 Å². The van der Waals surface area contributed by atoms with Crippen molar-refractivity contribution in [2.24, 2.45) is 5.73 Å². The highest BCUT2D eigenvalue weighted by molar-refractivity contribution is 7.80. The van der Waals surface area contributed by atoms with Crippen molar-refractivity contribution in [3.8, 4) is 0 Å². The van der Waals surface area contributed by atoms with Crippen LogP contribution in [0.3, 0.4) is 0 Å². The van der Waals surface area contributed by atoms with Crippen LogP contribution in [0.15, 0.2) is 24.3 Å². The van der Waals surface area contributed by atoms with Gasteiger partial charge in [-0.05, 0) is 17.5 Å². The zero-order valence-corrected chi connectivity index (χ0v) is 10.1. The zero-order valence-electron chi connectivity index (χ0n) is 9.29. The third kappa shape index (κ3) is 3.88. The summed E-state index contributed by atoms with van der Waals surface area (Å²) in [6, 6.07) is 8.34. The Labute approximate surface area is 96.9 Å². The standard InChI is InChI=1S/C12H18N2S/c1-9(2)10-5-3-4-6-11(10)14-8-7-12(13)15/h3-6,9,14H,7-8H2,1-2H3,(H2,13,15). The van der Waals surface area contributed by atoms with E-state index in [4.69, 9.17) is 18.0 Å². The largest absolute Gasteiger partial charge is 0.393 e. The van der Waals surface area contributed by atoms with Crippen LogP contribution in [0.5, 0.6) is 0 Å². The van der Waals surface area contributed by atoms with Gasteiger partial charge in [-0.3, -0.25) is 0 Å². The average molecular weight is 222 g/mol. The number of anilines is 1. The Hall–Kier alpha value is -1.09. The van der Waals surface area contributed by atoms with Crippen molar-refractivity contribution in [1.29, 1.82) is 0 Å². The Morgan fingerprint density at radius 2 is 2.07 bits per heavy atom. The lowest BCUT2D eigenvalue weighted by molar-refractivity contribution is 0.865. The summed E-state index contributed by atoms with van der Waals surface area (Å²) in [5, 5.41) is 3.36. The molecule has 82 valence electrons. The van der Waals surface area contributed by atoms with E-state index in [1.54, 1.807) is 0 Å². The van der Waals surface area contributed by atoms with Gasteiger partial charge in [0.05, 0.1) is 4.99 Å². The molecule has 3 N–H and O–H groups in total. The number of thiocarbonyl (C=S) groups is 1. The third-order valence-electron chi connectivity index (χ3n) is 2.27. The monoisotopic (exact) mass is 222 g/mol. The lowest BCUT2D eigenvalue weighted by Crippen LogP contribution is -2.14. The lowest BCUT2D eigenvalue weighted by Gasteiger charge is -2.14. The molecule has 2 nitrogen and oxygen atoms in total. The van der Waals surface area contributed by atoms with Crippen LogP contribution in [0.1, 0.15) is 31.7 Å². The van der Waals surface area contributed by atoms with Crippen molar-refractivity contribution in [2.45, 2.75) is 26.2 Å². The van der Waals surface area contributed by atoms with E-state index in [-0.39, 0.29) is 0 Å². The number of para-hydroxylation sites is 1. The highest BCUT2D eigenvalue weighted by atomic mass is 32.1. The average Bonchev–Trinajstić information content (AvgIpc) is 2.17. The van der Waals surface area contributed by atoms with Crippen molar-refractivity contribution >= 4 is 22.9 Å². The van der Waals surface area contributed by atoms with Gasteiger partial charge in [0, 0.05) is 18.7 Å². The molecule has 0 unspecified atom stereocenters. The van der Waals surface area contributed by atoms with Gasteiger partial charge in [0.25, 0.3) is 0 Å². The predicted molar refractivity (Wildman–Crippen MR) is 70.4 cm³/mol. The van der Waals surface area contributed by atoms with Crippen LogP contribution in [-0.2, 0) is 0 Å². The first-order chi connectivity index (χ1) is 7.11. The van der Waals surface area contributed by atoms with Gasteiger partial charge in [-0.25, -0.2) is 0 Å². The van der Waals surface area contributed by atoms with Crippen LogP contribution in [0, 0.1) is 0 Å². The molecule has 0 bridgehead atoms. The predicted octanol–water partition coefficient (Wildman–Crippen LogP) is 2.90. The Kier molecular flexibility index (Phi) is 4.56. The summed E-state index contributed by atoms with van der Waals surface area (Å²) in [7, 11) is 0. The minimum atomic E-state index is 0.526. The molecule has 1 aromatic carbocycles. The molecular weight excluding hydrogens is 204 g/mol. The molecule has 15 heavy (non-hydrogen) atoms. The Morgan fingerprint density at radius 3 is 2.67 bits per heavy atom. The molecule has 0 spiro atoms. The highest BCUT2D eigenvalue weighted by Gasteiger charge is 2.04. The van der Waals surface area contributed by atoms with Crippen molar-refractivity contribution in [2.75, 3.05) is 11.9 Å². The van der Waals surface area contributed by atoms with Crippen LogP contribution in [0.4, 0.5) is 5.69 Å². The summed E-state index contributed by atoms with van der Waals surface area (Å²) in [5.74, 6) is 0.526. The fourth-order valence-electron chi connectivity index (χ4n) is 1.48. The highest BCUT2D eigenvalue weighted by Crippen LogP contribution is 2.23. The first-order valence-electron chi connectivity index (χ1n) is 5.22. The molecular formula is C12H18N2S. The molecule has 0 amide bonds. The summed E-state index contributed by atoms with van der Waals surface area (Å²) in [6.07, 6.45) is 0.738. The van der Waals surface area contributed by atoms with E-state index in [0.29, 0.717) is 10.9 Å². The first-order valence-corrected chi connectivity index (χ1v) is 5.63. The number of nitrogens with two attached hydrogens (primary N) is 1. The van der Waals surface area contributed by atoms with E-state index < -0.39 is 0 Å². The van der Waals surface area contributed by atoms with E-state index in [2.05, 4.69) is 37.4 Å². The second kappa shape index (κ2) is 5.71. The molecule has 0 radical (unpaired) electrons. The van der Waals surface area contributed by atoms with Crippen LogP contribution in [-0.4, -0.2) is 11.5 Å². The molecule has 0 aliphatic rings. The SMILES string of the molecule is CC(C)c1ccccc1NCCC(N)=S. The first kappa shape index (κ1) is 12.0. The van der Waals surface area contributed by atoms with Gasteiger partial charge in [0.15, 0.2) is 0 Å². The normalized spacial score (nSPS) is 10.3. The smallest absolute Gasteiger partial charge is 0.0745 e. The molecule has 3 heteroatoms. The topological polar surface area (TPSA) is 38.0 Å². The van der Waals surface area contributed by atoms with Gasteiger partial charge in [-0.15, -0.1) is 0 Å². The third-order valence-corrected chi connectivity index (χ3v) is 2.47. The van der Waals surface area contributed by atoms with Gasteiger partial charge >= 0.3 is 0 Å². The number of rotatable bonds is 5. The van der Waals surface area contributed by atoms with Gasteiger partial charge in [0.2, 0.25) is 0 Å². The van der Waals surface area contributed by atoms with Gasteiger partial charge in [-0.1, -0.05) is 44.3 Å². The molecule has 0 saturated heterocycles. The number of hydrogen-bond donors (Lipinski definition) is 2. The van der Waals surface area contributed by atoms with Crippen molar-refractivity contribution in [3.63, 3.8) is 0 Å². The van der Waals surface area contributed by atoms with E-state index in [0.717, 1.165) is 13.0 Å². The molecule has 0 fully saturated rings. The maximum Gasteiger partial charge on any atom is 0.0745 e. The fraction of sp³-hybridized carbons (Fsp3) is 0.417. The Balaban J connectivity index is 2.63. The summed E-state index contributed by atoms with van der Waals surface area (Å²) >= 11 is 4.83. The minimum absolute atomic E-state index is 0.526. The van der Waals surface area contributed by atoms with Crippen molar-refractivity contribution in [3.05, 3.63) is 29.8 Å². The Morgan fingerprint density at radius 1 is 1.40 bits per heavy atom. The number of hydrogen-bond acceptors (Lipinski definition) is 2. The number of benzene rings is 1. The summed E-state index contributed by atoms with van der Waals surface area (Å²) < 4.78 is 0. The van der Waals surface area contributed by atoms with E-state index >= 15 is 0 Å². The quantitative estimate of drug-likeness (QED) is 0.752. The minimum Gasteiger partial charge on any atom is -0.393 e. The second-order valence-corrected chi connectivity index (χ2v) is 4.41. The Bertz CT molecular complexity index is 334. The molecule has 0 aliphatic heterocycles. The van der Waals surface area contributed by atoms with E-state index in [1.807, 2.05) is 6.07 Å². The van der Waals surface area contributed by atoms with Gasteiger partial charge < -0.3 is 11.1 Å². The maximum atomic E-state index is 5.45. The van der Waals surface area contributed by atoms with Crippen LogP contribution < -0.4 is 11.1 Å². The summed E-state index contributed by atoms with van der Waals surface area (Å²) in [5.41, 5.74) is 7.96. The van der Waals surface area contributed by atoms with Crippen molar-refractivity contribution < 1.29 is 0 Å². The second-order valence-electron chi connectivity index (χ2n) is 3.89. The maximum absolute atomic E-state index is 5.45. The number of nitrogens with one attached hydrogen (secondary N) is 1. The molecule has 0 aliphatic carbocycles. The van der Waals surface area contributed by atoms with Gasteiger partial charge in [-0.2, -0.15) is 0 Å². The summed E-state index contributed by atoms with van der Waals surface area (Å²) in [4.78, 5) is 0.560. The molecule has 0 saturated carbocycles. The molecule has 0 aromatic heterocycles. The van der Waals surface area contributed by atoms with E-state index in [9.17, 15) is 0 Å². The zero-order chi connectivity index (χ0) is 11.3. The molecule has 1 aromatic rings. The summed E-state index contributed by atoms with van der Waals surface area (Å²) in [6.45, 7) is 5.18. The van der Waals surface area contributed by atoms with Crippen LogP contribution in [0.25, 0.3) is 0 Å². The van der Waals surface area contributed by atoms with Gasteiger partial charge in [0.1, 0.15) is 0 Å². The van der Waals surface area contributed by atoms with E-state index in [1.165, 1.54) is 11.3 Å². The van der Waals surface area contributed by atoms with Crippen LogP contribution >= 0.6 is 12.2 Å². The van der Waals surface area contributed by atoms with Crippen molar-refractivity contribution in [1.82, 2.24) is 0 Å². The fourth-order valence-corrected chi connectivity index (χ4v) is 1.58. The molecule has 0 atom stereocenters. The molecule has 0 heterocycles. The lowest BCUT2D eigenvalue weighted by atomic mass is 10.0.